The Morgan fingerprint density at radius 3 is 2.29 bits per heavy atom. The molecule has 2 heterocycles. The number of aromatic nitrogens is 3. The van der Waals surface area contributed by atoms with E-state index in [1.54, 1.807) is 24.3 Å². The van der Waals surface area contributed by atoms with Crippen molar-refractivity contribution in [1.82, 2.24) is 14.8 Å². The summed E-state index contributed by atoms with van der Waals surface area (Å²) in [4.78, 5) is 28.0. The first-order chi connectivity index (χ1) is 13.5. The first-order valence-corrected chi connectivity index (χ1v) is 8.17. The lowest BCUT2D eigenvalue weighted by molar-refractivity contribution is -0.133. The van der Waals surface area contributed by atoms with E-state index < -0.39 is 23.9 Å². The van der Waals surface area contributed by atoms with Gasteiger partial charge in [-0.15, -0.1) is 0 Å². The van der Waals surface area contributed by atoms with Gasteiger partial charge >= 0.3 is 11.8 Å². The summed E-state index contributed by atoms with van der Waals surface area (Å²) < 4.78 is 28.1. The minimum atomic E-state index is -2.93. The molecule has 10 heteroatoms. The molecule has 0 fully saturated rings. The molecule has 0 aliphatic heterocycles. The van der Waals surface area contributed by atoms with Crippen LogP contribution in [0.4, 0.5) is 20.2 Å². The molecule has 0 bridgehead atoms. The molecule has 1 aromatic carbocycles. The maximum atomic E-state index is 13.5. The number of pyridine rings is 1. The molecule has 0 saturated carbocycles. The van der Waals surface area contributed by atoms with Crippen LogP contribution in [0.25, 0.3) is 5.69 Å². The van der Waals surface area contributed by atoms with Gasteiger partial charge < -0.3 is 16.4 Å². The molecule has 2 aromatic heterocycles. The van der Waals surface area contributed by atoms with Gasteiger partial charge in [-0.25, -0.2) is 13.5 Å². The van der Waals surface area contributed by atoms with Crippen LogP contribution in [-0.2, 0) is 16.1 Å². The van der Waals surface area contributed by atoms with E-state index in [2.05, 4.69) is 20.7 Å². The summed E-state index contributed by atoms with van der Waals surface area (Å²) in [6.07, 6.45) is 0.975. The Hall–Kier alpha value is -3.66. The van der Waals surface area contributed by atoms with Crippen molar-refractivity contribution in [2.45, 2.75) is 13.0 Å². The highest BCUT2D eigenvalue weighted by molar-refractivity contribution is 6.43. The van der Waals surface area contributed by atoms with Crippen LogP contribution >= 0.6 is 0 Å². The van der Waals surface area contributed by atoms with Gasteiger partial charge in [-0.3, -0.25) is 14.6 Å². The molecule has 0 spiro atoms. The van der Waals surface area contributed by atoms with E-state index in [1.807, 2.05) is 0 Å². The van der Waals surface area contributed by atoms with E-state index in [-0.39, 0.29) is 5.69 Å². The fourth-order valence-corrected chi connectivity index (χ4v) is 2.45. The number of hydrogen-bond acceptors (Lipinski definition) is 5. The number of amides is 2. The Morgan fingerprint density at radius 2 is 1.68 bits per heavy atom. The average Bonchev–Trinajstić information content (AvgIpc) is 3.13. The predicted molar refractivity (Wildman–Crippen MR) is 97.9 cm³/mol. The number of nitrogens with two attached hydrogens (primary N) is 1. The second kappa shape index (κ2) is 8.35. The largest absolute Gasteiger partial charge is 0.326 e. The first-order valence-electron chi connectivity index (χ1n) is 8.17. The summed E-state index contributed by atoms with van der Waals surface area (Å²) in [5.41, 5.74) is 6.26. The Balaban J connectivity index is 1.76. The van der Waals surface area contributed by atoms with Crippen LogP contribution in [0, 0.1) is 0 Å². The maximum absolute atomic E-state index is 13.5. The molecule has 28 heavy (non-hydrogen) atoms. The van der Waals surface area contributed by atoms with Crippen molar-refractivity contribution in [3.8, 4) is 5.69 Å². The summed E-state index contributed by atoms with van der Waals surface area (Å²) in [5, 5.41) is 8.43. The highest BCUT2D eigenvalue weighted by Crippen LogP contribution is 2.29. The van der Waals surface area contributed by atoms with E-state index in [0.29, 0.717) is 17.9 Å². The topological polar surface area (TPSA) is 115 Å². The zero-order valence-electron chi connectivity index (χ0n) is 14.5. The van der Waals surface area contributed by atoms with Gasteiger partial charge in [0.25, 0.3) is 6.43 Å². The summed E-state index contributed by atoms with van der Waals surface area (Å²) in [5.74, 6) is -2.10. The van der Waals surface area contributed by atoms with Gasteiger partial charge in [0.15, 0.2) is 0 Å². The molecule has 4 N–H and O–H groups in total. The van der Waals surface area contributed by atoms with Crippen LogP contribution in [0.3, 0.4) is 0 Å². The molecular weight excluding hydrogens is 370 g/mol. The van der Waals surface area contributed by atoms with Crippen molar-refractivity contribution in [2.75, 3.05) is 10.6 Å². The molecule has 0 unspecified atom stereocenters. The number of anilines is 2. The summed E-state index contributed by atoms with van der Waals surface area (Å²) in [6.45, 7) is 0.340. The van der Waals surface area contributed by atoms with E-state index >= 15 is 0 Å². The van der Waals surface area contributed by atoms with Crippen molar-refractivity contribution in [2.24, 2.45) is 5.73 Å². The third-order valence-electron chi connectivity index (χ3n) is 3.82. The van der Waals surface area contributed by atoms with Gasteiger partial charge in [-0.1, -0.05) is 12.1 Å². The molecule has 0 atom stereocenters. The Kier molecular flexibility index (Phi) is 5.70. The smallest absolute Gasteiger partial charge is 0.314 e. The molecule has 144 valence electrons. The second-order valence-corrected chi connectivity index (χ2v) is 5.67. The van der Waals surface area contributed by atoms with Gasteiger partial charge in [0, 0.05) is 24.6 Å². The van der Waals surface area contributed by atoms with E-state index in [9.17, 15) is 18.4 Å². The fourth-order valence-electron chi connectivity index (χ4n) is 2.45. The van der Waals surface area contributed by atoms with Crippen molar-refractivity contribution in [3.05, 3.63) is 66.2 Å². The number of rotatable bonds is 5. The van der Waals surface area contributed by atoms with Crippen LogP contribution in [0.15, 0.2) is 55.0 Å². The van der Waals surface area contributed by atoms with Crippen LogP contribution in [0.5, 0.6) is 0 Å². The lowest BCUT2D eigenvalue weighted by Crippen LogP contribution is -2.29. The number of benzene rings is 1. The van der Waals surface area contributed by atoms with Crippen molar-refractivity contribution in [1.29, 1.82) is 0 Å². The van der Waals surface area contributed by atoms with Gasteiger partial charge in [-0.2, -0.15) is 5.10 Å². The molecule has 3 rings (SSSR count). The maximum Gasteiger partial charge on any atom is 0.314 e. The Labute approximate surface area is 158 Å². The van der Waals surface area contributed by atoms with E-state index in [1.165, 1.54) is 24.5 Å². The van der Waals surface area contributed by atoms with Crippen LogP contribution in [-0.4, -0.2) is 26.6 Å². The number of carbonyl (C=O) groups is 2. The normalized spacial score (nSPS) is 10.7. The zero-order chi connectivity index (χ0) is 20.1. The number of nitrogens with one attached hydrogen (secondary N) is 2. The summed E-state index contributed by atoms with van der Waals surface area (Å²) in [7, 11) is 0. The Morgan fingerprint density at radius 1 is 1.04 bits per heavy atom. The quantitative estimate of drug-likeness (QED) is 0.582. The van der Waals surface area contributed by atoms with E-state index in [0.717, 1.165) is 16.4 Å². The lowest BCUT2D eigenvalue weighted by atomic mass is 10.2. The average molecular weight is 386 g/mol. The predicted octanol–water partition coefficient (Wildman–Crippen LogP) is 2.24. The third kappa shape index (κ3) is 4.18. The minimum Gasteiger partial charge on any atom is -0.326 e. The minimum absolute atomic E-state index is 0.259. The number of halogens is 2. The second-order valence-electron chi connectivity index (χ2n) is 5.67. The van der Waals surface area contributed by atoms with Crippen molar-refractivity contribution in [3.63, 3.8) is 0 Å². The van der Waals surface area contributed by atoms with E-state index in [4.69, 9.17) is 5.73 Å². The highest BCUT2D eigenvalue weighted by Gasteiger charge is 2.24. The first kappa shape index (κ1) is 19.1. The van der Waals surface area contributed by atoms with Crippen molar-refractivity contribution >= 4 is 23.2 Å². The summed E-state index contributed by atoms with van der Waals surface area (Å²) in [6, 6.07) is 9.53. The Bertz CT molecular complexity index is 974. The molecule has 0 radical (unpaired) electrons. The molecule has 3 aromatic rings. The molecule has 2 amide bonds. The molecular formula is C18H16F2N6O2. The standard InChI is InChI=1S/C18H16F2N6O2/c19-16(20)15-14(10-23-26(15)13-5-7-22-8-6-13)25-18(28)17(27)24-12-3-1-11(9-21)2-4-12/h1-8,10,16H,9,21H2,(H,24,27)(H,25,28). The van der Waals surface area contributed by atoms with Gasteiger partial charge in [-0.05, 0) is 29.8 Å². The number of alkyl halides is 2. The van der Waals surface area contributed by atoms with Crippen LogP contribution in [0.1, 0.15) is 17.7 Å². The van der Waals surface area contributed by atoms with Gasteiger partial charge in [0.05, 0.1) is 17.6 Å². The SMILES string of the molecule is NCc1ccc(NC(=O)C(=O)Nc2cnn(-c3ccncc3)c2C(F)F)cc1. The molecule has 0 saturated heterocycles. The number of nitrogens with zero attached hydrogens (tertiary/aromatic N) is 3. The van der Waals surface area contributed by atoms with Crippen LogP contribution < -0.4 is 16.4 Å². The number of hydrogen-bond donors (Lipinski definition) is 3. The fraction of sp³-hybridized carbons (Fsp3) is 0.111. The monoisotopic (exact) mass is 386 g/mol. The van der Waals surface area contributed by atoms with Gasteiger partial charge in [0.1, 0.15) is 5.69 Å². The third-order valence-corrected chi connectivity index (χ3v) is 3.82. The van der Waals surface area contributed by atoms with Crippen LogP contribution in [0.2, 0.25) is 0 Å². The molecule has 8 nitrogen and oxygen atoms in total. The van der Waals surface area contributed by atoms with Crippen molar-refractivity contribution < 1.29 is 18.4 Å². The highest BCUT2D eigenvalue weighted by atomic mass is 19.3. The number of carbonyl (C=O) groups excluding carboxylic acids is 2. The van der Waals surface area contributed by atoms with Gasteiger partial charge in [0.2, 0.25) is 0 Å². The zero-order valence-corrected chi connectivity index (χ0v) is 14.5. The summed E-state index contributed by atoms with van der Waals surface area (Å²) >= 11 is 0. The lowest BCUT2D eigenvalue weighted by Gasteiger charge is -2.10. The molecule has 0 aliphatic rings. The molecule has 0 aliphatic carbocycles.